The second-order valence-electron chi connectivity index (χ2n) is 8.39. The Morgan fingerprint density at radius 2 is 1.54 bits per heavy atom. The molecule has 5 nitrogen and oxygen atoms in total. The second kappa shape index (κ2) is 10.8. The topological polar surface area (TPSA) is 56.8 Å². The lowest BCUT2D eigenvalue weighted by Gasteiger charge is -2.16. The van der Waals surface area contributed by atoms with Gasteiger partial charge >= 0.3 is 0 Å². The average Bonchev–Trinajstić information content (AvgIpc) is 2.87. The number of carbonyl (C=O) groups is 1. The van der Waals surface area contributed by atoms with Crippen molar-refractivity contribution in [2.75, 3.05) is 12.4 Å². The van der Waals surface area contributed by atoms with Crippen LogP contribution in [0.4, 0.5) is 5.69 Å². The molecule has 0 aliphatic heterocycles. The molecule has 1 N–H and O–H groups in total. The van der Waals surface area contributed by atoms with Crippen molar-refractivity contribution in [3.63, 3.8) is 0 Å². The Morgan fingerprint density at radius 3 is 2.31 bits per heavy atom. The fraction of sp³-hybridized carbons (Fsp3) is 0.167. The van der Waals surface area contributed by atoms with Gasteiger partial charge in [0.05, 0.1) is 12.8 Å². The Balaban J connectivity index is 1.53. The molecule has 4 aromatic rings. The SMILES string of the molecule is COc1ccc(C(=O)Nc2ccccc2Oc2ccccc2)cc1COc1cc(C)cc(C)c1C. The van der Waals surface area contributed by atoms with Crippen LogP contribution in [-0.4, -0.2) is 13.0 Å². The van der Waals surface area contributed by atoms with E-state index in [9.17, 15) is 4.79 Å². The molecular formula is C30H29NO4. The first-order valence-electron chi connectivity index (χ1n) is 11.5. The molecule has 0 aliphatic carbocycles. The highest BCUT2D eigenvalue weighted by Gasteiger charge is 2.14. The highest BCUT2D eigenvalue weighted by Crippen LogP contribution is 2.30. The molecule has 0 heterocycles. The lowest BCUT2D eigenvalue weighted by Crippen LogP contribution is -2.13. The van der Waals surface area contributed by atoms with Crippen LogP contribution >= 0.6 is 0 Å². The van der Waals surface area contributed by atoms with Gasteiger partial charge in [-0.15, -0.1) is 0 Å². The summed E-state index contributed by atoms with van der Waals surface area (Å²) < 4.78 is 17.6. The van der Waals surface area contributed by atoms with Crippen molar-refractivity contribution in [3.8, 4) is 23.0 Å². The number of amides is 1. The second-order valence-corrected chi connectivity index (χ2v) is 8.39. The number of para-hydroxylation sites is 3. The fourth-order valence-electron chi connectivity index (χ4n) is 3.81. The quantitative estimate of drug-likeness (QED) is 0.297. The molecule has 0 aromatic heterocycles. The van der Waals surface area contributed by atoms with Gasteiger partial charge < -0.3 is 19.5 Å². The maximum absolute atomic E-state index is 13.1. The third-order valence-corrected chi connectivity index (χ3v) is 5.80. The fourth-order valence-corrected chi connectivity index (χ4v) is 3.81. The van der Waals surface area contributed by atoms with Crippen molar-refractivity contribution >= 4 is 11.6 Å². The molecule has 1 amide bonds. The van der Waals surface area contributed by atoms with Crippen molar-refractivity contribution in [3.05, 3.63) is 113 Å². The molecule has 0 radical (unpaired) electrons. The molecule has 4 aromatic carbocycles. The van der Waals surface area contributed by atoms with Gasteiger partial charge in [0.2, 0.25) is 0 Å². The minimum Gasteiger partial charge on any atom is -0.496 e. The Kier molecular flexibility index (Phi) is 7.36. The monoisotopic (exact) mass is 467 g/mol. The van der Waals surface area contributed by atoms with Crippen molar-refractivity contribution < 1.29 is 19.0 Å². The van der Waals surface area contributed by atoms with Crippen molar-refractivity contribution in [2.45, 2.75) is 27.4 Å². The van der Waals surface area contributed by atoms with E-state index in [0.717, 1.165) is 22.4 Å². The van der Waals surface area contributed by atoms with Gasteiger partial charge in [0, 0.05) is 11.1 Å². The molecular weight excluding hydrogens is 438 g/mol. The summed E-state index contributed by atoms with van der Waals surface area (Å²) in [7, 11) is 1.61. The Hall–Kier alpha value is -4.25. The Labute approximate surface area is 206 Å². The van der Waals surface area contributed by atoms with E-state index in [1.165, 1.54) is 5.56 Å². The molecule has 0 aliphatic rings. The van der Waals surface area contributed by atoms with Crippen LogP contribution < -0.4 is 19.5 Å². The Morgan fingerprint density at radius 1 is 0.800 bits per heavy atom. The number of hydrogen-bond donors (Lipinski definition) is 1. The van der Waals surface area contributed by atoms with Crippen LogP contribution in [0.5, 0.6) is 23.0 Å². The predicted octanol–water partition coefficient (Wildman–Crippen LogP) is 7.24. The van der Waals surface area contributed by atoms with Crippen molar-refractivity contribution in [2.24, 2.45) is 0 Å². The van der Waals surface area contributed by atoms with Gasteiger partial charge in [-0.3, -0.25) is 4.79 Å². The molecule has 0 unspecified atom stereocenters. The largest absolute Gasteiger partial charge is 0.496 e. The van der Waals surface area contributed by atoms with Crippen LogP contribution in [0.15, 0.2) is 84.9 Å². The van der Waals surface area contributed by atoms with Gasteiger partial charge in [-0.25, -0.2) is 0 Å². The first-order valence-corrected chi connectivity index (χ1v) is 11.5. The third kappa shape index (κ3) is 5.82. The highest BCUT2D eigenvalue weighted by molar-refractivity contribution is 6.05. The van der Waals surface area contributed by atoms with E-state index in [4.69, 9.17) is 14.2 Å². The summed E-state index contributed by atoms with van der Waals surface area (Å²) >= 11 is 0. The number of methoxy groups -OCH3 is 1. The van der Waals surface area contributed by atoms with E-state index in [0.29, 0.717) is 28.5 Å². The number of ether oxygens (including phenoxy) is 3. The van der Waals surface area contributed by atoms with Crippen LogP contribution in [0.25, 0.3) is 0 Å². The molecule has 0 saturated heterocycles. The molecule has 0 saturated carbocycles. The molecule has 0 spiro atoms. The van der Waals surface area contributed by atoms with Gasteiger partial charge in [-0.1, -0.05) is 36.4 Å². The summed E-state index contributed by atoms with van der Waals surface area (Å²) in [6, 6.07) is 26.3. The summed E-state index contributed by atoms with van der Waals surface area (Å²) in [6.07, 6.45) is 0. The van der Waals surface area contributed by atoms with Crippen molar-refractivity contribution in [1.82, 2.24) is 0 Å². The number of benzene rings is 4. The number of nitrogens with one attached hydrogen (secondary N) is 1. The normalized spacial score (nSPS) is 10.5. The summed E-state index contributed by atoms with van der Waals surface area (Å²) in [5.74, 6) is 2.50. The summed E-state index contributed by atoms with van der Waals surface area (Å²) in [5.41, 5.74) is 5.28. The third-order valence-electron chi connectivity index (χ3n) is 5.80. The Bertz CT molecular complexity index is 1330. The van der Waals surface area contributed by atoms with E-state index < -0.39 is 0 Å². The summed E-state index contributed by atoms with van der Waals surface area (Å²) in [6.45, 7) is 6.44. The zero-order valence-corrected chi connectivity index (χ0v) is 20.4. The number of carbonyl (C=O) groups excluding carboxylic acids is 1. The van der Waals surface area contributed by atoms with E-state index >= 15 is 0 Å². The molecule has 5 heteroatoms. The standard InChI is InChI=1S/C30H29NO4/c1-20-16-21(2)22(3)29(17-20)34-19-24-18-23(14-15-27(24)33-4)30(32)31-26-12-8-9-13-28(26)35-25-10-6-5-7-11-25/h5-18H,19H2,1-4H3,(H,31,32). The minimum absolute atomic E-state index is 0.249. The summed E-state index contributed by atoms with van der Waals surface area (Å²) in [4.78, 5) is 13.1. The van der Waals surface area contributed by atoms with Gasteiger partial charge in [-0.2, -0.15) is 0 Å². The number of anilines is 1. The molecule has 0 bridgehead atoms. The van der Waals surface area contributed by atoms with Crippen LogP contribution in [0.1, 0.15) is 32.6 Å². The maximum Gasteiger partial charge on any atom is 0.255 e. The first kappa shape index (κ1) is 23.9. The predicted molar refractivity (Wildman–Crippen MR) is 139 cm³/mol. The first-order chi connectivity index (χ1) is 16.9. The van der Waals surface area contributed by atoms with Gasteiger partial charge in [0.15, 0.2) is 5.75 Å². The molecule has 35 heavy (non-hydrogen) atoms. The number of aryl methyl sites for hydroxylation is 2. The average molecular weight is 468 g/mol. The van der Waals surface area contributed by atoms with Gasteiger partial charge in [-0.05, 0) is 86.0 Å². The summed E-state index contributed by atoms with van der Waals surface area (Å²) in [5, 5.41) is 2.96. The lowest BCUT2D eigenvalue weighted by molar-refractivity contribution is 0.102. The van der Waals surface area contributed by atoms with E-state index in [2.05, 4.69) is 18.3 Å². The van der Waals surface area contributed by atoms with Crippen LogP contribution in [-0.2, 0) is 6.61 Å². The highest BCUT2D eigenvalue weighted by atomic mass is 16.5. The van der Waals surface area contributed by atoms with Crippen LogP contribution in [0.2, 0.25) is 0 Å². The minimum atomic E-state index is -0.249. The van der Waals surface area contributed by atoms with Crippen LogP contribution in [0, 0.1) is 20.8 Å². The van der Waals surface area contributed by atoms with Crippen LogP contribution in [0.3, 0.4) is 0 Å². The molecule has 0 atom stereocenters. The van der Waals surface area contributed by atoms with E-state index in [1.54, 1.807) is 25.3 Å². The van der Waals surface area contributed by atoms with Crippen molar-refractivity contribution in [1.29, 1.82) is 0 Å². The molecule has 4 rings (SSSR count). The smallest absolute Gasteiger partial charge is 0.255 e. The lowest BCUT2D eigenvalue weighted by atomic mass is 10.1. The maximum atomic E-state index is 13.1. The van der Waals surface area contributed by atoms with E-state index in [1.807, 2.05) is 74.5 Å². The zero-order valence-electron chi connectivity index (χ0n) is 20.4. The zero-order chi connectivity index (χ0) is 24.8. The molecule has 0 fully saturated rings. The van der Waals surface area contributed by atoms with Gasteiger partial charge in [0.25, 0.3) is 5.91 Å². The molecule has 178 valence electrons. The van der Waals surface area contributed by atoms with E-state index in [-0.39, 0.29) is 12.5 Å². The number of rotatable bonds is 8. The number of hydrogen-bond acceptors (Lipinski definition) is 4. The van der Waals surface area contributed by atoms with Gasteiger partial charge in [0.1, 0.15) is 23.9 Å².